The van der Waals surface area contributed by atoms with E-state index in [1.807, 2.05) is 0 Å². The van der Waals surface area contributed by atoms with E-state index in [-0.39, 0.29) is 42.2 Å². The largest absolute Gasteiger partial charge is 0.417 e. The first-order valence-corrected chi connectivity index (χ1v) is 19.9. The molecular weight excluding hydrogens is 552 g/mol. The van der Waals surface area contributed by atoms with Crippen LogP contribution in [-0.4, -0.2) is 93.5 Å². The highest BCUT2D eigenvalue weighted by Crippen LogP contribution is 2.37. The Morgan fingerprint density at radius 1 is 0.738 bits per heavy atom. The molecule has 0 aliphatic carbocycles. The maximum atomic E-state index is 10.7. The van der Waals surface area contributed by atoms with Crippen LogP contribution in [0.1, 0.15) is 124 Å². The minimum atomic E-state index is -1.68. The summed E-state index contributed by atoms with van der Waals surface area (Å²) < 4.78 is 29.5. The lowest BCUT2D eigenvalue weighted by molar-refractivity contribution is -0.114. The lowest BCUT2D eigenvalue weighted by Gasteiger charge is -2.36. The normalized spacial score (nSPS) is 25.6. The van der Waals surface area contributed by atoms with E-state index in [9.17, 15) is 10.2 Å². The Hall–Kier alpha value is -0.103. The van der Waals surface area contributed by atoms with Crippen LogP contribution in [0.5, 0.6) is 0 Å². The lowest BCUT2D eigenvalue weighted by atomic mass is 10.0. The molecule has 2 fully saturated rings. The molecule has 2 saturated heterocycles. The highest BCUT2D eigenvalue weighted by molar-refractivity contribution is 6.74. The number of aliphatic hydroxyl groups is 3. The van der Waals surface area contributed by atoms with Gasteiger partial charge in [0.1, 0.15) is 12.9 Å². The van der Waals surface area contributed by atoms with Gasteiger partial charge in [0, 0.05) is 13.7 Å². The summed E-state index contributed by atoms with van der Waals surface area (Å²) in [6, 6.07) is 0. The van der Waals surface area contributed by atoms with Crippen molar-refractivity contribution in [1.29, 1.82) is 0 Å². The van der Waals surface area contributed by atoms with Gasteiger partial charge < -0.3 is 38.7 Å². The van der Waals surface area contributed by atoms with Crippen molar-refractivity contribution in [3.63, 3.8) is 0 Å². The van der Waals surface area contributed by atoms with E-state index >= 15 is 0 Å². The molecule has 9 heteroatoms. The van der Waals surface area contributed by atoms with Gasteiger partial charge in [-0.05, 0) is 69.5 Å². The summed E-state index contributed by atoms with van der Waals surface area (Å²) >= 11 is 0. The molecule has 2 rings (SSSR count). The van der Waals surface area contributed by atoms with Crippen molar-refractivity contribution in [1.82, 2.24) is 0 Å². The van der Waals surface area contributed by atoms with E-state index in [4.69, 9.17) is 28.5 Å². The fourth-order valence-corrected chi connectivity index (χ4v) is 7.00. The maximum absolute atomic E-state index is 10.7. The number of aliphatic hydroxyl groups excluding tert-OH is 3. The fourth-order valence-electron chi connectivity index (χ4n) is 5.91. The Morgan fingerprint density at radius 3 is 1.76 bits per heavy atom. The van der Waals surface area contributed by atoms with Crippen molar-refractivity contribution < 1.29 is 38.7 Å². The van der Waals surface area contributed by atoms with E-state index in [1.165, 1.54) is 38.5 Å². The standard InChI is InChI=1S/C33H66O8Si/c1-33(2,3)42(5,6)39-23-15-17-26(38-25-37-4)16-13-11-9-7-8-10-12-14-18-27(35)29-19-21-31(40-29)32-22-20-30(41-32)28(36)24-34/h26-32,34-36H,7-25H2,1-6H3/t26-,27-,28+,29-,30-,31-,32-/m1/s1. The van der Waals surface area contributed by atoms with Crippen molar-refractivity contribution >= 4 is 8.32 Å². The zero-order chi connectivity index (χ0) is 31.0. The first-order valence-electron chi connectivity index (χ1n) is 17.0. The second kappa shape index (κ2) is 20.1. The van der Waals surface area contributed by atoms with E-state index in [1.54, 1.807) is 7.11 Å². The summed E-state index contributed by atoms with van der Waals surface area (Å²) in [6.07, 6.45) is 15.5. The summed E-state index contributed by atoms with van der Waals surface area (Å²) in [5.41, 5.74) is 0. The third-order valence-electron chi connectivity index (χ3n) is 9.77. The molecule has 250 valence electrons. The molecule has 0 aromatic rings. The molecule has 0 unspecified atom stereocenters. The lowest BCUT2D eigenvalue weighted by Crippen LogP contribution is -2.41. The Kier molecular flexibility index (Phi) is 18.2. The van der Waals surface area contributed by atoms with Crippen LogP contribution in [0.2, 0.25) is 18.1 Å². The molecule has 0 aromatic heterocycles. The van der Waals surface area contributed by atoms with Crippen LogP contribution in [0.15, 0.2) is 0 Å². The molecule has 0 spiro atoms. The van der Waals surface area contributed by atoms with Gasteiger partial charge in [-0.1, -0.05) is 72.1 Å². The van der Waals surface area contributed by atoms with Gasteiger partial charge in [-0.15, -0.1) is 0 Å². The van der Waals surface area contributed by atoms with Crippen LogP contribution in [0.25, 0.3) is 0 Å². The maximum Gasteiger partial charge on any atom is 0.191 e. The van der Waals surface area contributed by atoms with Crippen molar-refractivity contribution in [2.75, 3.05) is 27.1 Å². The third-order valence-corrected chi connectivity index (χ3v) is 14.3. The Bertz CT molecular complexity index is 687. The topological polar surface area (TPSA) is 107 Å². The first-order chi connectivity index (χ1) is 20.0. The van der Waals surface area contributed by atoms with E-state index in [2.05, 4.69) is 33.9 Å². The molecule has 0 amide bonds. The molecule has 3 N–H and O–H groups in total. The van der Waals surface area contributed by atoms with Crippen LogP contribution in [0.4, 0.5) is 0 Å². The van der Waals surface area contributed by atoms with Gasteiger partial charge >= 0.3 is 0 Å². The van der Waals surface area contributed by atoms with Crippen LogP contribution >= 0.6 is 0 Å². The third kappa shape index (κ3) is 13.9. The van der Waals surface area contributed by atoms with Crippen LogP contribution in [0.3, 0.4) is 0 Å². The summed E-state index contributed by atoms with van der Waals surface area (Å²) in [6.45, 7) is 12.4. The van der Waals surface area contributed by atoms with E-state index in [0.717, 1.165) is 70.8 Å². The van der Waals surface area contributed by atoms with Crippen molar-refractivity contribution in [3.8, 4) is 0 Å². The summed E-state index contributed by atoms with van der Waals surface area (Å²) in [4.78, 5) is 0. The molecular formula is C33H66O8Si. The summed E-state index contributed by atoms with van der Waals surface area (Å²) in [5.74, 6) is 0. The quantitative estimate of drug-likeness (QED) is 0.0678. The number of hydrogen-bond donors (Lipinski definition) is 3. The van der Waals surface area contributed by atoms with Gasteiger partial charge in [0.15, 0.2) is 8.32 Å². The zero-order valence-corrected chi connectivity index (χ0v) is 28.9. The second-order valence-electron chi connectivity index (χ2n) is 14.2. The Labute approximate surface area is 258 Å². The number of hydrogen-bond acceptors (Lipinski definition) is 8. The fraction of sp³-hybridized carbons (Fsp3) is 1.00. The number of ether oxygens (including phenoxy) is 4. The predicted molar refractivity (Wildman–Crippen MR) is 170 cm³/mol. The minimum Gasteiger partial charge on any atom is -0.417 e. The monoisotopic (exact) mass is 618 g/mol. The SMILES string of the molecule is COCO[C@H](CCCCCCCCCC[C@@H](O)[C@H]1CC[C@H]([C@H]2CC[C@H]([C@@H](O)CO)O2)O1)CCCO[Si](C)(C)C(C)(C)C. The molecule has 0 bridgehead atoms. The van der Waals surface area contributed by atoms with Gasteiger partial charge in [-0.2, -0.15) is 0 Å². The molecule has 42 heavy (non-hydrogen) atoms. The smallest absolute Gasteiger partial charge is 0.191 e. The second-order valence-corrected chi connectivity index (χ2v) is 19.1. The van der Waals surface area contributed by atoms with E-state index < -0.39 is 20.5 Å². The van der Waals surface area contributed by atoms with Crippen molar-refractivity contribution in [2.24, 2.45) is 0 Å². The van der Waals surface area contributed by atoms with Crippen molar-refractivity contribution in [2.45, 2.75) is 184 Å². The predicted octanol–water partition coefficient (Wildman–Crippen LogP) is 6.49. The van der Waals surface area contributed by atoms with E-state index in [0.29, 0.717) is 6.79 Å². The first kappa shape index (κ1) is 38.1. The average molecular weight is 619 g/mol. The van der Waals surface area contributed by atoms with Gasteiger partial charge in [0.25, 0.3) is 0 Å². The summed E-state index contributed by atoms with van der Waals surface area (Å²) in [5, 5.41) is 29.9. The Morgan fingerprint density at radius 2 is 1.24 bits per heavy atom. The molecule has 8 nitrogen and oxygen atoms in total. The molecule has 0 radical (unpaired) electrons. The number of methoxy groups -OCH3 is 1. The van der Waals surface area contributed by atoms with Gasteiger partial charge in [-0.3, -0.25) is 0 Å². The number of unbranched alkanes of at least 4 members (excludes halogenated alkanes) is 7. The minimum absolute atomic E-state index is 0.0104. The van der Waals surface area contributed by atoms with Crippen LogP contribution in [-0.2, 0) is 23.4 Å². The zero-order valence-electron chi connectivity index (χ0n) is 27.9. The van der Waals surface area contributed by atoms with Gasteiger partial charge in [-0.25, -0.2) is 0 Å². The highest BCUT2D eigenvalue weighted by atomic mass is 28.4. The van der Waals surface area contributed by atoms with Crippen LogP contribution < -0.4 is 0 Å². The molecule has 2 aliphatic heterocycles. The molecule has 0 aromatic carbocycles. The van der Waals surface area contributed by atoms with Crippen molar-refractivity contribution in [3.05, 3.63) is 0 Å². The highest BCUT2D eigenvalue weighted by Gasteiger charge is 2.40. The molecule has 2 aliphatic rings. The van der Waals surface area contributed by atoms with Crippen LogP contribution in [0, 0.1) is 0 Å². The average Bonchev–Trinajstić information content (AvgIpc) is 3.64. The molecule has 0 saturated carbocycles. The van der Waals surface area contributed by atoms with Gasteiger partial charge in [0.05, 0.1) is 43.2 Å². The molecule has 7 atom stereocenters. The summed E-state index contributed by atoms with van der Waals surface area (Å²) in [7, 11) is 0.00575. The Balaban J connectivity index is 1.47. The molecule has 2 heterocycles. The van der Waals surface area contributed by atoms with Gasteiger partial charge in [0.2, 0.25) is 0 Å². The number of rotatable bonds is 23.